The molecule has 1 amide bonds. The van der Waals surface area contributed by atoms with Gasteiger partial charge in [0, 0.05) is 6.04 Å². The van der Waals surface area contributed by atoms with Gasteiger partial charge in [0.1, 0.15) is 0 Å². The fourth-order valence-electron chi connectivity index (χ4n) is 3.45. The predicted octanol–water partition coefficient (Wildman–Crippen LogP) is 1.38. The maximum absolute atomic E-state index is 11.5. The maximum Gasteiger partial charge on any atom is 0.237 e. The number of likely N-dealkylation sites (tertiary alicyclic amines) is 1. The van der Waals surface area contributed by atoms with Gasteiger partial charge in [0.2, 0.25) is 5.91 Å². The first-order valence-electron chi connectivity index (χ1n) is 7.45. The summed E-state index contributed by atoms with van der Waals surface area (Å²) in [6.45, 7) is 2.33. The van der Waals surface area contributed by atoms with E-state index in [2.05, 4.69) is 4.90 Å². The molecule has 1 saturated carbocycles. The molecule has 1 aliphatic heterocycles. The second-order valence-electron chi connectivity index (χ2n) is 6.07. The van der Waals surface area contributed by atoms with Gasteiger partial charge in [-0.1, -0.05) is 19.3 Å². The summed E-state index contributed by atoms with van der Waals surface area (Å²) >= 11 is 0. The highest BCUT2D eigenvalue weighted by molar-refractivity contribution is 5.84. The second-order valence-corrected chi connectivity index (χ2v) is 6.07. The molecule has 104 valence electrons. The lowest BCUT2D eigenvalue weighted by atomic mass is 9.78. The van der Waals surface area contributed by atoms with Crippen LogP contribution in [0.5, 0.6) is 0 Å². The minimum Gasteiger partial charge on any atom is -0.368 e. The average Bonchev–Trinajstić information content (AvgIpc) is 2.28. The fourth-order valence-corrected chi connectivity index (χ4v) is 3.45. The Morgan fingerprint density at radius 3 is 2.28 bits per heavy atom. The minimum absolute atomic E-state index is 0.320. The van der Waals surface area contributed by atoms with Gasteiger partial charge in [0.05, 0.1) is 5.54 Å². The molecule has 18 heavy (non-hydrogen) atoms. The Morgan fingerprint density at radius 2 is 1.67 bits per heavy atom. The largest absolute Gasteiger partial charge is 0.368 e. The van der Waals surface area contributed by atoms with E-state index in [0.29, 0.717) is 6.04 Å². The number of nitrogens with zero attached hydrogens (tertiary/aromatic N) is 1. The van der Waals surface area contributed by atoms with E-state index in [9.17, 15) is 4.79 Å². The van der Waals surface area contributed by atoms with Gasteiger partial charge in [-0.25, -0.2) is 0 Å². The monoisotopic (exact) mass is 253 g/mol. The normalized spacial score (nSPS) is 35.7. The molecule has 2 aliphatic rings. The van der Waals surface area contributed by atoms with Crippen molar-refractivity contribution in [2.45, 2.75) is 69.4 Å². The quantitative estimate of drug-likeness (QED) is 0.781. The molecular formula is C14H27N3O. The zero-order valence-electron chi connectivity index (χ0n) is 11.4. The van der Waals surface area contributed by atoms with Crippen molar-refractivity contribution >= 4 is 5.91 Å². The van der Waals surface area contributed by atoms with Crippen molar-refractivity contribution in [2.75, 3.05) is 13.1 Å². The van der Waals surface area contributed by atoms with E-state index in [1.54, 1.807) is 0 Å². The first-order valence-corrected chi connectivity index (χ1v) is 7.45. The molecule has 0 aromatic rings. The van der Waals surface area contributed by atoms with E-state index < -0.39 is 5.54 Å². The Kier molecular flexibility index (Phi) is 4.62. The molecule has 2 fully saturated rings. The van der Waals surface area contributed by atoms with Crippen LogP contribution in [-0.4, -0.2) is 35.5 Å². The van der Waals surface area contributed by atoms with Crippen molar-refractivity contribution in [3.05, 3.63) is 0 Å². The highest BCUT2D eigenvalue weighted by atomic mass is 16.1. The third-order valence-electron chi connectivity index (χ3n) is 4.66. The topological polar surface area (TPSA) is 72.3 Å². The van der Waals surface area contributed by atoms with Crippen LogP contribution in [0, 0.1) is 0 Å². The van der Waals surface area contributed by atoms with Crippen LogP contribution in [0.3, 0.4) is 0 Å². The SMILES string of the molecule is NC(=O)C1(N)CCCC(N2CCCCCCC2)C1. The predicted molar refractivity (Wildman–Crippen MR) is 73.0 cm³/mol. The van der Waals surface area contributed by atoms with E-state index in [0.717, 1.165) is 19.3 Å². The van der Waals surface area contributed by atoms with Crippen molar-refractivity contribution in [1.82, 2.24) is 4.90 Å². The summed E-state index contributed by atoms with van der Waals surface area (Å²) in [4.78, 5) is 14.1. The molecule has 2 rings (SSSR count). The number of hydrogen-bond donors (Lipinski definition) is 2. The van der Waals surface area contributed by atoms with Crippen LogP contribution >= 0.6 is 0 Å². The molecule has 0 radical (unpaired) electrons. The van der Waals surface area contributed by atoms with Gasteiger partial charge >= 0.3 is 0 Å². The lowest BCUT2D eigenvalue weighted by Gasteiger charge is -2.41. The van der Waals surface area contributed by atoms with Crippen LogP contribution < -0.4 is 11.5 Å². The van der Waals surface area contributed by atoms with E-state index in [1.807, 2.05) is 0 Å². The zero-order valence-corrected chi connectivity index (χ0v) is 11.4. The first kappa shape index (κ1) is 13.8. The van der Waals surface area contributed by atoms with Crippen molar-refractivity contribution in [3.63, 3.8) is 0 Å². The Labute approximate surface area is 110 Å². The van der Waals surface area contributed by atoms with Crippen LogP contribution in [0.15, 0.2) is 0 Å². The molecule has 0 aromatic heterocycles. The van der Waals surface area contributed by atoms with Crippen LogP contribution in [0.4, 0.5) is 0 Å². The standard InChI is InChI=1S/C14H27N3O/c15-13(18)14(16)8-6-7-12(11-14)17-9-4-2-1-3-5-10-17/h12H,1-11,16H2,(H2,15,18). The van der Waals surface area contributed by atoms with Crippen LogP contribution in [0.1, 0.15) is 57.8 Å². The number of carbonyl (C=O) groups is 1. The average molecular weight is 253 g/mol. The molecule has 0 aromatic carbocycles. The third kappa shape index (κ3) is 3.23. The summed E-state index contributed by atoms with van der Waals surface area (Å²) in [5.74, 6) is -0.320. The van der Waals surface area contributed by atoms with Crippen molar-refractivity contribution in [3.8, 4) is 0 Å². The molecule has 0 spiro atoms. The van der Waals surface area contributed by atoms with E-state index in [4.69, 9.17) is 11.5 Å². The Balaban J connectivity index is 1.96. The van der Waals surface area contributed by atoms with Crippen LogP contribution in [0.25, 0.3) is 0 Å². The number of amides is 1. The summed E-state index contributed by atoms with van der Waals surface area (Å²) < 4.78 is 0. The Bertz CT molecular complexity index is 287. The molecule has 4 nitrogen and oxygen atoms in total. The first-order chi connectivity index (χ1) is 8.62. The van der Waals surface area contributed by atoms with Gasteiger partial charge in [-0.3, -0.25) is 4.79 Å². The molecule has 1 heterocycles. The summed E-state index contributed by atoms with van der Waals surface area (Å²) in [5, 5.41) is 0. The molecule has 1 aliphatic carbocycles. The number of hydrogen-bond acceptors (Lipinski definition) is 3. The van der Waals surface area contributed by atoms with Crippen LogP contribution in [0.2, 0.25) is 0 Å². The molecule has 4 heteroatoms. The summed E-state index contributed by atoms with van der Waals surface area (Å²) in [7, 11) is 0. The van der Waals surface area contributed by atoms with E-state index in [-0.39, 0.29) is 5.91 Å². The molecule has 0 bridgehead atoms. The minimum atomic E-state index is -0.759. The van der Waals surface area contributed by atoms with Gasteiger partial charge in [0.15, 0.2) is 0 Å². The van der Waals surface area contributed by atoms with E-state index >= 15 is 0 Å². The van der Waals surface area contributed by atoms with Gasteiger partial charge in [-0.05, 0) is 51.6 Å². The Hall–Kier alpha value is -0.610. The third-order valence-corrected chi connectivity index (χ3v) is 4.66. The number of rotatable bonds is 2. The molecule has 2 unspecified atom stereocenters. The lowest BCUT2D eigenvalue weighted by molar-refractivity contribution is -0.125. The van der Waals surface area contributed by atoms with Gasteiger partial charge < -0.3 is 16.4 Å². The number of primary amides is 1. The number of carbonyl (C=O) groups excluding carboxylic acids is 1. The zero-order chi connectivity index (χ0) is 13.0. The molecular weight excluding hydrogens is 226 g/mol. The van der Waals surface area contributed by atoms with E-state index in [1.165, 1.54) is 51.6 Å². The van der Waals surface area contributed by atoms with Gasteiger partial charge in [-0.15, -0.1) is 0 Å². The molecule has 2 atom stereocenters. The van der Waals surface area contributed by atoms with Gasteiger partial charge in [0.25, 0.3) is 0 Å². The fraction of sp³-hybridized carbons (Fsp3) is 0.929. The lowest BCUT2D eigenvalue weighted by Crippen LogP contribution is -2.58. The van der Waals surface area contributed by atoms with Crippen molar-refractivity contribution < 1.29 is 4.79 Å². The highest BCUT2D eigenvalue weighted by Crippen LogP contribution is 2.30. The number of nitrogens with two attached hydrogens (primary N) is 2. The van der Waals surface area contributed by atoms with Crippen molar-refractivity contribution in [1.29, 1.82) is 0 Å². The van der Waals surface area contributed by atoms with Crippen LogP contribution in [-0.2, 0) is 4.79 Å². The van der Waals surface area contributed by atoms with Gasteiger partial charge in [-0.2, -0.15) is 0 Å². The molecule has 1 saturated heterocycles. The molecule has 4 N–H and O–H groups in total. The Morgan fingerprint density at radius 1 is 1.06 bits per heavy atom. The smallest absolute Gasteiger partial charge is 0.237 e. The highest BCUT2D eigenvalue weighted by Gasteiger charge is 2.39. The summed E-state index contributed by atoms with van der Waals surface area (Å²) in [6.07, 6.45) is 10.3. The maximum atomic E-state index is 11.5. The van der Waals surface area contributed by atoms with Crippen molar-refractivity contribution in [2.24, 2.45) is 11.5 Å². The summed E-state index contributed by atoms with van der Waals surface area (Å²) in [6, 6.07) is 0.467. The second kappa shape index (κ2) is 6.02. The summed E-state index contributed by atoms with van der Waals surface area (Å²) in [5.41, 5.74) is 10.9.